The Kier molecular flexibility index (Phi) is 3.97. The summed E-state index contributed by atoms with van der Waals surface area (Å²) in [5.74, 6) is 0.127. The molecule has 2 aromatic rings. The number of carbonyl (C=O) groups excluding carboxylic acids is 1. The van der Waals surface area contributed by atoms with Crippen molar-refractivity contribution < 1.29 is 4.79 Å². The molecule has 0 aromatic heterocycles. The summed E-state index contributed by atoms with van der Waals surface area (Å²) in [4.78, 5) is 14.4. The van der Waals surface area contributed by atoms with E-state index in [-0.39, 0.29) is 11.9 Å². The van der Waals surface area contributed by atoms with Crippen LogP contribution < -0.4 is 5.32 Å². The summed E-state index contributed by atoms with van der Waals surface area (Å²) < 4.78 is 1.03. The molecular formula is C17H17BrN2O. The van der Waals surface area contributed by atoms with E-state index in [2.05, 4.69) is 27.3 Å². The number of anilines is 1. The van der Waals surface area contributed by atoms with Crippen molar-refractivity contribution in [3.8, 4) is 0 Å². The van der Waals surface area contributed by atoms with E-state index in [1.807, 2.05) is 49.5 Å². The number of rotatable bonds is 3. The van der Waals surface area contributed by atoms with E-state index in [1.54, 1.807) is 4.90 Å². The molecular weight excluding hydrogens is 328 g/mol. The molecule has 108 valence electrons. The number of para-hydroxylation sites is 1. The first-order valence-corrected chi connectivity index (χ1v) is 7.77. The molecule has 1 aliphatic rings. The highest BCUT2D eigenvalue weighted by Gasteiger charge is 2.28. The van der Waals surface area contributed by atoms with Crippen molar-refractivity contribution in [2.24, 2.45) is 0 Å². The molecule has 2 aromatic carbocycles. The summed E-state index contributed by atoms with van der Waals surface area (Å²) in [5.41, 5.74) is 3.40. The smallest absolute Gasteiger partial charge is 0.245 e. The third kappa shape index (κ3) is 2.95. The second-order valence-corrected chi connectivity index (χ2v) is 6.20. The summed E-state index contributed by atoms with van der Waals surface area (Å²) in [7, 11) is 1.85. The fourth-order valence-electron chi connectivity index (χ4n) is 2.67. The molecule has 0 unspecified atom stereocenters. The second-order valence-electron chi connectivity index (χ2n) is 5.34. The lowest BCUT2D eigenvalue weighted by Crippen LogP contribution is -2.39. The number of hydrogen-bond donors (Lipinski definition) is 1. The van der Waals surface area contributed by atoms with Crippen molar-refractivity contribution in [1.82, 2.24) is 4.90 Å². The summed E-state index contributed by atoms with van der Waals surface area (Å²) >= 11 is 3.53. The molecule has 3 rings (SSSR count). The lowest BCUT2D eigenvalue weighted by molar-refractivity contribution is -0.131. The van der Waals surface area contributed by atoms with Crippen molar-refractivity contribution in [3.05, 3.63) is 64.1 Å². The van der Waals surface area contributed by atoms with Gasteiger partial charge in [-0.15, -0.1) is 0 Å². The minimum Gasteiger partial charge on any atom is -0.373 e. The van der Waals surface area contributed by atoms with E-state index in [9.17, 15) is 4.79 Å². The summed E-state index contributed by atoms with van der Waals surface area (Å²) in [5, 5.41) is 3.31. The highest BCUT2D eigenvalue weighted by atomic mass is 79.9. The normalized spacial score (nSPS) is 16.2. The van der Waals surface area contributed by atoms with Crippen LogP contribution in [0.2, 0.25) is 0 Å². The Labute approximate surface area is 133 Å². The van der Waals surface area contributed by atoms with Gasteiger partial charge in [0.25, 0.3) is 0 Å². The van der Waals surface area contributed by atoms with Crippen LogP contribution in [0.15, 0.2) is 53.0 Å². The molecule has 21 heavy (non-hydrogen) atoms. The largest absolute Gasteiger partial charge is 0.373 e. The number of nitrogens with one attached hydrogen (secondary N) is 1. The molecule has 1 aliphatic heterocycles. The quantitative estimate of drug-likeness (QED) is 0.924. The maximum atomic E-state index is 12.6. The zero-order chi connectivity index (χ0) is 14.8. The molecule has 1 atom stereocenters. The number of amides is 1. The Morgan fingerprint density at radius 3 is 2.71 bits per heavy atom. The first kappa shape index (κ1) is 14.1. The van der Waals surface area contributed by atoms with Gasteiger partial charge in [-0.1, -0.05) is 52.3 Å². The Morgan fingerprint density at radius 2 is 1.95 bits per heavy atom. The van der Waals surface area contributed by atoms with E-state index in [1.165, 1.54) is 5.56 Å². The van der Waals surface area contributed by atoms with Crippen molar-refractivity contribution in [2.75, 3.05) is 12.4 Å². The van der Waals surface area contributed by atoms with Crippen LogP contribution in [0.25, 0.3) is 0 Å². The summed E-state index contributed by atoms with van der Waals surface area (Å²) in [6.07, 6.45) is 0.759. The Morgan fingerprint density at radius 1 is 1.24 bits per heavy atom. The van der Waals surface area contributed by atoms with Crippen LogP contribution in [0.3, 0.4) is 0 Å². The highest BCUT2D eigenvalue weighted by molar-refractivity contribution is 9.10. The van der Waals surface area contributed by atoms with Gasteiger partial charge < -0.3 is 10.2 Å². The third-order valence-electron chi connectivity index (χ3n) is 3.81. The molecule has 1 amide bonds. The van der Waals surface area contributed by atoms with Gasteiger partial charge in [0, 0.05) is 30.2 Å². The lowest BCUT2D eigenvalue weighted by atomic mass is 10.1. The SMILES string of the molecule is CN(Cc1ccccc1Br)C(=O)[C@@H]1Cc2ccccc2N1. The number of nitrogens with zero attached hydrogens (tertiary/aromatic N) is 1. The first-order chi connectivity index (χ1) is 10.1. The number of carbonyl (C=O) groups is 1. The standard InChI is InChI=1S/C17H17BrN2O/c1-20(11-13-7-2-4-8-14(13)18)17(21)16-10-12-6-3-5-9-15(12)19-16/h2-9,16,19H,10-11H2,1H3/t16-/m0/s1. The fourth-order valence-corrected chi connectivity index (χ4v) is 3.08. The molecule has 4 heteroatoms. The third-order valence-corrected chi connectivity index (χ3v) is 4.58. The number of hydrogen-bond acceptors (Lipinski definition) is 2. The monoisotopic (exact) mass is 344 g/mol. The fraction of sp³-hybridized carbons (Fsp3) is 0.235. The van der Waals surface area contributed by atoms with Crippen LogP contribution in [-0.2, 0) is 17.8 Å². The van der Waals surface area contributed by atoms with E-state index in [0.717, 1.165) is 22.1 Å². The molecule has 3 nitrogen and oxygen atoms in total. The van der Waals surface area contributed by atoms with Crippen molar-refractivity contribution in [2.45, 2.75) is 19.0 Å². The van der Waals surface area contributed by atoms with Gasteiger partial charge in [0.2, 0.25) is 5.91 Å². The average molecular weight is 345 g/mol. The van der Waals surface area contributed by atoms with Gasteiger partial charge in [-0.2, -0.15) is 0 Å². The van der Waals surface area contributed by atoms with Crippen LogP contribution in [0.1, 0.15) is 11.1 Å². The van der Waals surface area contributed by atoms with E-state index < -0.39 is 0 Å². The minimum absolute atomic E-state index is 0.127. The van der Waals surface area contributed by atoms with E-state index in [4.69, 9.17) is 0 Å². The summed E-state index contributed by atoms with van der Waals surface area (Å²) in [6, 6.07) is 15.9. The van der Waals surface area contributed by atoms with Gasteiger partial charge in [-0.25, -0.2) is 0 Å². The number of halogens is 1. The van der Waals surface area contributed by atoms with Crippen molar-refractivity contribution in [3.63, 3.8) is 0 Å². The maximum Gasteiger partial charge on any atom is 0.245 e. The minimum atomic E-state index is -0.158. The van der Waals surface area contributed by atoms with Crippen molar-refractivity contribution in [1.29, 1.82) is 0 Å². The van der Waals surface area contributed by atoms with Crippen LogP contribution in [0.4, 0.5) is 5.69 Å². The average Bonchev–Trinajstić information content (AvgIpc) is 2.92. The van der Waals surface area contributed by atoms with E-state index >= 15 is 0 Å². The Bertz CT molecular complexity index is 646. The lowest BCUT2D eigenvalue weighted by Gasteiger charge is -2.22. The van der Waals surface area contributed by atoms with Gasteiger partial charge in [0.15, 0.2) is 0 Å². The number of benzene rings is 2. The number of fused-ring (bicyclic) bond motifs is 1. The molecule has 1 heterocycles. The number of likely N-dealkylation sites (N-methyl/N-ethyl adjacent to an activating group) is 1. The van der Waals surface area contributed by atoms with Crippen LogP contribution in [0.5, 0.6) is 0 Å². The molecule has 0 fully saturated rings. The maximum absolute atomic E-state index is 12.6. The molecule has 0 radical (unpaired) electrons. The van der Waals surface area contributed by atoms with Gasteiger partial charge >= 0.3 is 0 Å². The van der Waals surface area contributed by atoms with Gasteiger partial charge in [0.1, 0.15) is 6.04 Å². The van der Waals surface area contributed by atoms with Crippen LogP contribution in [0, 0.1) is 0 Å². The topological polar surface area (TPSA) is 32.3 Å². The summed E-state index contributed by atoms with van der Waals surface area (Å²) in [6.45, 7) is 0.606. The predicted molar refractivity (Wildman–Crippen MR) is 88.2 cm³/mol. The van der Waals surface area contributed by atoms with Gasteiger partial charge in [-0.05, 0) is 23.3 Å². The second kappa shape index (κ2) is 5.90. The molecule has 0 bridgehead atoms. The molecule has 0 spiro atoms. The zero-order valence-electron chi connectivity index (χ0n) is 11.8. The van der Waals surface area contributed by atoms with Crippen LogP contribution in [-0.4, -0.2) is 23.9 Å². The van der Waals surface area contributed by atoms with Crippen LogP contribution >= 0.6 is 15.9 Å². The Balaban J connectivity index is 1.68. The first-order valence-electron chi connectivity index (χ1n) is 6.98. The molecule has 1 N–H and O–H groups in total. The Hall–Kier alpha value is -1.81. The molecule has 0 saturated heterocycles. The zero-order valence-corrected chi connectivity index (χ0v) is 13.4. The molecule has 0 aliphatic carbocycles. The van der Waals surface area contributed by atoms with E-state index in [0.29, 0.717) is 6.54 Å². The predicted octanol–water partition coefficient (Wildman–Crippen LogP) is 3.44. The van der Waals surface area contributed by atoms with Gasteiger partial charge in [-0.3, -0.25) is 4.79 Å². The molecule has 0 saturated carbocycles. The van der Waals surface area contributed by atoms with Gasteiger partial charge in [0.05, 0.1) is 0 Å². The highest BCUT2D eigenvalue weighted by Crippen LogP contribution is 2.26. The van der Waals surface area contributed by atoms with Crippen molar-refractivity contribution >= 4 is 27.5 Å².